The quantitative estimate of drug-likeness (QED) is 0.807. The van der Waals surface area contributed by atoms with Crippen LogP contribution >= 0.6 is 0 Å². The maximum atomic E-state index is 12.3. The summed E-state index contributed by atoms with van der Waals surface area (Å²) in [4.78, 5) is 37.0. The molecule has 1 aromatic rings. The molecule has 1 aliphatic rings. The van der Waals surface area contributed by atoms with Gasteiger partial charge in [-0.3, -0.25) is 14.6 Å². The average Bonchev–Trinajstić information content (AvgIpc) is 3.00. The van der Waals surface area contributed by atoms with Crippen molar-refractivity contribution in [2.75, 3.05) is 19.1 Å². The molecule has 0 saturated heterocycles. The van der Waals surface area contributed by atoms with E-state index < -0.39 is 24.0 Å². The Bertz CT molecular complexity index is 672. The summed E-state index contributed by atoms with van der Waals surface area (Å²) < 4.78 is 0. The van der Waals surface area contributed by atoms with Crippen molar-refractivity contribution < 1.29 is 19.5 Å². The van der Waals surface area contributed by atoms with Crippen LogP contribution in [0.2, 0.25) is 0 Å². The summed E-state index contributed by atoms with van der Waals surface area (Å²) in [6.45, 7) is 1.57. The summed E-state index contributed by atoms with van der Waals surface area (Å²) in [7, 11) is 3.19. The van der Waals surface area contributed by atoms with Gasteiger partial charge >= 0.3 is 5.97 Å². The highest BCUT2D eigenvalue weighted by atomic mass is 16.4. The van der Waals surface area contributed by atoms with Crippen LogP contribution in [-0.2, 0) is 14.4 Å². The SMILES string of the molecule is C[C@H](NC(=O)C1=NN(c2ccccc2)C(C(=O)O)C1)C(=O)N(C)C. The average molecular weight is 332 g/mol. The van der Waals surface area contributed by atoms with Crippen molar-refractivity contribution in [3.05, 3.63) is 30.3 Å². The number of rotatable bonds is 5. The first-order valence-corrected chi connectivity index (χ1v) is 7.48. The molecule has 0 fully saturated rings. The van der Waals surface area contributed by atoms with E-state index in [9.17, 15) is 19.5 Å². The van der Waals surface area contributed by atoms with Crippen LogP contribution in [0.5, 0.6) is 0 Å². The summed E-state index contributed by atoms with van der Waals surface area (Å²) in [5, 5.41) is 17.4. The number of benzene rings is 1. The van der Waals surface area contributed by atoms with E-state index in [1.165, 1.54) is 9.91 Å². The van der Waals surface area contributed by atoms with Crippen LogP contribution in [0.4, 0.5) is 5.69 Å². The lowest BCUT2D eigenvalue weighted by atomic mass is 10.1. The number of likely N-dealkylation sites (N-methyl/N-ethyl adjacent to an activating group) is 1. The number of amides is 2. The molecule has 1 heterocycles. The number of carboxylic acids is 1. The lowest BCUT2D eigenvalue weighted by Crippen LogP contribution is -2.46. The number of nitrogens with one attached hydrogen (secondary N) is 1. The smallest absolute Gasteiger partial charge is 0.328 e. The first-order chi connectivity index (χ1) is 11.3. The number of carbonyl (C=O) groups is 3. The lowest BCUT2D eigenvalue weighted by molar-refractivity contribution is -0.138. The maximum absolute atomic E-state index is 12.3. The molecule has 1 aliphatic heterocycles. The third kappa shape index (κ3) is 3.70. The number of carbonyl (C=O) groups excluding carboxylic acids is 2. The lowest BCUT2D eigenvalue weighted by Gasteiger charge is -2.19. The molecule has 2 atom stereocenters. The number of hydrogen-bond acceptors (Lipinski definition) is 5. The van der Waals surface area contributed by atoms with Crippen LogP contribution in [0.15, 0.2) is 35.4 Å². The Labute approximate surface area is 139 Å². The number of hydrazone groups is 1. The van der Waals surface area contributed by atoms with Crippen LogP contribution in [0.1, 0.15) is 13.3 Å². The molecular weight excluding hydrogens is 312 g/mol. The van der Waals surface area contributed by atoms with Crippen molar-refractivity contribution in [3.8, 4) is 0 Å². The summed E-state index contributed by atoms with van der Waals surface area (Å²) in [6, 6.07) is 7.11. The molecular formula is C16H20N4O4. The van der Waals surface area contributed by atoms with Gasteiger partial charge in [-0.05, 0) is 19.1 Å². The molecule has 2 rings (SSSR count). The van der Waals surface area contributed by atoms with Crippen molar-refractivity contribution in [3.63, 3.8) is 0 Å². The normalized spacial score (nSPS) is 17.9. The molecule has 0 saturated carbocycles. The van der Waals surface area contributed by atoms with Crippen LogP contribution in [0.25, 0.3) is 0 Å². The molecule has 128 valence electrons. The Morgan fingerprint density at radius 3 is 2.46 bits per heavy atom. The summed E-state index contributed by atoms with van der Waals surface area (Å²) in [5.41, 5.74) is 0.676. The molecule has 0 aliphatic carbocycles. The van der Waals surface area contributed by atoms with Gasteiger partial charge in [0.05, 0.1) is 5.69 Å². The van der Waals surface area contributed by atoms with Gasteiger partial charge < -0.3 is 15.3 Å². The molecule has 8 nitrogen and oxygen atoms in total. The van der Waals surface area contributed by atoms with E-state index in [0.717, 1.165) is 0 Å². The molecule has 1 aromatic carbocycles. The largest absolute Gasteiger partial charge is 0.480 e. The molecule has 0 radical (unpaired) electrons. The Hall–Kier alpha value is -2.90. The second-order valence-electron chi connectivity index (χ2n) is 5.71. The highest BCUT2D eigenvalue weighted by Crippen LogP contribution is 2.24. The highest BCUT2D eigenvalue weighted by Gasteiger charge is 2.36. The number of aliphatic carboxylic acids is 1. The van der Waals surface area contributed by atoms with Crippen molar-refractivity contribution in [1.29, 1.82) is 0 Å². The minimum Gasteiger partial charge on any atom is -0.480 e. The van der Waals surface area contributed by atoms with E-state index in [2.05, 4.69) is 10.4 Å². The Balaban J connectivity index is 2.17. The van der Waals surface area contributed by atoms with Gasteiger partial charge in [0.15, 0.2) is 6.04 Å². The van der Waals surface area contributed by atoms with Crippen LogP contribution in [0.3, 0.4) is 0 Å². The van der Waals surface area contributed by atoms with E-state index in [1.807, 2.05) is 0 Å². The Morgan fingerprint density at radius 1 is 1.29 bits per heavy atom. The molecule has 2 N–H and O–H groups in total. The Kier molecular flexibility index (Phi) is 5.18. The molecule has 0 bridgehead atoms. The topological polar surface area (TPSA) is 102 Å². The molecule has 8 heteroatoms. The van der Waals surface area contributed by atoms with Gasteiger partial charge in [-0.1, -0.05) is 18.2 Å². The maximum Gasteiger partial charge on any atom is 0.328 e. The van der Waals surface area contributed by atoms with Gasteiger partial charge in [0, 0.05) is 20.5 Å². The van der Waals surface area contributed by atoms with Crippen molar-refractivity contribution in [1.82, 2.24) is 10.2 Å². The first-order valence-electron chi connectivity index (χ1n) is 7.48. The monoisotopic (exact) mass is 332 g/mol. The minimum atomic E-state index is -1.07. The third-order valence-corrected chi connectivity index (χ3v) is 3.64. The van der Waals surface area contributed by atoms with Gasteiger partial charge in [0.1, 0.15) is 11.8 Å². The molecule has 0 spiro atoms. The zero-order valence-electron chi connectivity index (χ0n) is 13.8. The number of hydrogen-bond donors (Lipinski definition) is 2. The molecule has 24 heavy (non-hydrogen) atoms. The van der Waals surface area contributed by atoms with E-state index in [4.69, 9.17) is 0 Å². The zero-order valence-corrected chi connectivity index (χ0v) is 13.8. The number of anilines is 1. The minimum absolute atomic E-state index is 0.0288. The van der Waals surface area contributed by atoms with E-state index in [-0.39, 0.29) is 18.0 Å². The van der Waals surface area contributed by atoms with Gasteiger partial charge in [0.25, 0.3) is 5.91 Å². The predicted molar refractivity (Wildman–Crippen MR) is 88.7 cm³/mol. The van der Waals surface area contributed by atoms with Gasteiger partial charge in [0.2, 0.25) is 5.91 Å². The fourth-order valence-electron chi connectivity index (χ4n) is 2.39. The molecule has 0 aromatic heterocycles. The van der Waals surface area contributed by atoms with E-state index in [0.29, 0.717) is 5.69 Å². The van der Waals surface area contributed by atoms with Gasteiger partial charge in [-0.15, -0.1) is 0 Å². The molecule has 2 amide bonds. The zero-order chi connectivity index (χ0) is 17.9. The second kappa shape index (κ2) is 7.12. The predicted octanol–water partition coefficient (Wildman–Crippen LogP) is 0.299. The highest BCUT2D eigenvalue weighted by molar-refractivity contribution is 6.40. The summed E-state index contributed by atoms with van der Waals surface area (Å²) >= 11 is 0. The standard InChI is InChI=1S/C16H20N4O4/c1-10(15(22)19(2)3)17-14(21)12-9-13(16(23)24)20(18-12)11-7-5-4-6-8-11/h4-8,10,13H,9H2,1-3H3,(H,17,21)(H,23,24)/t10-,13?/m0/s1. The van der Waals surface area contributed by atoms with Gasteiger partial charge in [-0.25, -0.2) is 4.79 Å². The van der Waals surface area contributed by atoms with Crippen LogP contribution < -0.4 is 10.3 Å². The van der Waals surface area contributed by atoms with Crippen molar-refractivity contribution >= 4 is 29.2 Å². The Morgan fingerprint density at radius 2 is 1.92 bits per heavy atom. The number of carboxylic acid groups (broad SMARTS) is 1. The number of nitrogens with zero attached hydrogens (tertiary/aromatic N) is 3. The van der Waals surface area contributed by atoms with E-state index in [1.54, 1.807) is 51.4 Å². The second-order valence-corrected chi connectivity index (χ2v) is 5.71. The van der Waals surface area contributed by atoms with Gasteiger partial charge in [-0.2, -0.15) is 5.10 Å². The summed E-state index contributed by atoms with van der Waals surface area (Å²) in [5.74, 6) is -1.86. The number of para-hydroxylation sites is 1. The fraction of sp³-hybridized carbons (Fsp3) is 0.375. The van der Waals surface area contributed by atoms with E-state index >= 15 is 0 Å². The molecule has 1 unspecified atom stereocenters. The van der Waals surface area contributed by atoms with Crippen LogP contribution in [0, 0.1) is 0 Å². The van der Waals surface area contributed by atoms with Crippen LogP contribution in [-0.4, -0.2) is 59.7 Å². The fourth-order valence-corrected chi connectivity index (χ4v) is 2.39. The third-order valence-electron chi connectivity index (χ3n) is 3.64. The first kappa shape index (κ1) is 17.5. The van der Waals surface area contributed by atoms with Crippen molar-refractivity contribution in [2.24, 2.45) is 5.10 Å². The summed E-state index contributed by atoms with van der Waals surface area (Å²) in [6.07, 6.45) is -0.0288. The van der Waals surface area contributed by atoms with Crippen molar-refractivity contribution in [2.45, 2.75) is 25.4 Å².